The standard InChI is InChI=1S/C25H34N4O3/c1-2-12-26-23(30)18-27-13-15-28(16-14-27)25(32)22-17-20-10-6-7-11-21(20)29(22)24(31)19-8-4-3-5-9-19/h2-5,8-9,20-22H,1,6-7,10-18H2,(H,26,30). The van der Waals surface area contributed by atoms with Crippen molar-refractivity contribution < 1.29 is 14.4 Å². The number of hydrogen-bond donors (Lipinski definition) is 1. The van der Waals surface area contributed by atoms with Crippen LogP contribution in [0.3, 0.4) is 0 Å². The highest BCUT2D eigenvalue weighted by molar-refractivity contribution is 5.98. The molecule has 2 saturated heterocycles. The van der Waals surface area contributed by atoms with E-state index in [1.807, 2.05) is 40.1 Å². The van der Waals surface area contributed by atoms with Crippen LogP contribution in [0.2, 0.25) is 0 Å². The first-order valence-corrected chi connectivity index (χ1v) is 11.8. The van der Waals surface area contributed by atoms with Gasteiger partial charge in [-0.3, -0.25) is 19.3 Å². The molecule has 1 saturated carbocycles. The molecule has 172 valence electrons. The Morgan fingerprint density at radius 1 is 1.03 bits per heavy atom. The minimum Gasteiger partial charge on any atom is -0.352 e. The molecule has 2 aliphatic heterocycles. The molecule has 3 aliphatic rings. The molecule has 0 radical (unpaired) electrons. The number of rotatable bonds is 6. The third-order valence-corrected chi connectivity index (χ3v) is 7.12. The van der Waals surface area contributed by atoms with Crippen LogP contribution in [0.1, 0.15) is 42.5 Å². The van der Waals surface area contributed by atoms with E-state index < -0.39 is 0 Å². The van der Waals surface area contributed by atoms with Gasteiger partial charge >= 0.3 is 0 Å². The quantitative estimate of drug-likeness (QED) is 0.689. The lowest BCUT2D eigenvalue weighted by molar-refractivity contribution is -0.137. The number of piperazine rings is 1. The van der Waals surface area contributed by atoms with Crippen molar-refractivity contribution in [3.63, 3.8) is 0 Å². The van der Waals surface area contributed by atoms with Gasteiger partial charge in [-0.1, -0.05) is 37.1 Å². The molecule has 1 N–H and O–H groups in total. The lowest BCUT2D eigenvalue weighted by Crippen LogP contribution is -2.56. The third-order valence-electron chi connectivity index (χ3n) is 7.12. The molecule has 0 aromatic heterocycles. The second-order valence-electron chi connectivity index (χ2n) is 9.14. The summed E-state index contributed by atoms with van der Waals surface area (Å²) in [5.41, 5.74) is 0.659. The second kappa shape index (κ2) is 10.3. The third kappa shape index (κ3) is 4.88. The van der Waals surface area contributed by atoms with Crippen LogP contribution in [-0.4, -0.2) is 83.8 Å². The Labute approximate surface area is 190 Å². The molecule has 3 atom stereocenters. The fourth-order valence-corrected chi connectivity index (χ4v) is 5.48. The topological polar surface area (TPSA) is 73.0 Å². The zero-order valence-corrected chi connectivity index (χ0v) is 18.7. The molecule has 0 bridgehead atoms. The maximum atomic E-state index is 13.6. The summed E-state index contributed by atoms with van der Waals surface area (Å²) in [6.45, 7) is 6.92. The Hall–Kier alpha value is -2.67. The van der Waals surface area contributed by atoms with Gasteiger partial charge in [0.15, 0.2) is 0 Å². The van der Waals surface area contributed by atoms with Crippen molar-refractivity contribution in [2.24, 2.45) is 5.92 Å². The van der Waals surface area contributed by atoms with E-state index in [9.17, 15) is 14.4 Å². The number of benzene rings is 1. The predicted molar refractivity (Wildman–Crippen MR) is 123 cm³/mol. The van der Waals surface area contributed by atoms with Gasteiger partial charge in [0.05, 0.1) is 6.54 Å². The van der Waals surface area contributed by atoms with Crippen molar-refractivity contribution in [2.75, 3.05) is 39.3 Å². The van der Waals surface area contributed by atoms with E-state index in [-0.39, 0.29) is 29.8 Å². The van der Waals surface area contributed by atoms with Crippen LogP contribution in [0.5, 0.6) is 0 Å². The summed E-state index contributed by atoms with van der Waals surface area (Å²) in [5, 5.41) is 2.80. The molecule has 4 rings (SSSR count). The molecule has 32 heavy (non-hydrogen) atoms. The van der Waals surface area contributed by atoms with Gasteiger partial charge in [0.1, 0.15) is 6.04 Å². The summed E-state index contributed by atoms with van der Waals surface area (Å²) in [5.74, 6) is 0.444. The van der Waals surface area contributed by atoms with Crippen LogP contribution in [0.4, 0.5) is 0 Å². The minimum atomic E-state index is -0.377. The second-order valence-corrected chi connectivity index (χ2v) is 9.14. The van der Waals surface area contributed by atoms with Crippen LogP contribution in [-0.2, 0) is 9.59 Å². The SMILES string of the molecule is C=CCNC(=O)CN1CCN(C(=O)C2CC3CCCCC3N2C(=O)c2ccccc2)CC1. The van der Waals surface area contributed by atoms with Crippen molar-refractivity contribution in [1.82, 2.24) is 20.0 Å². The van der Waals surface area contributed by atoms with Crippen molar-refractivity contribution in [3.05, 3.63) is 48.6 Å². The monoisotopic (exact) mass is 438 g/mol. The highest BCUT2D eigenvalue weighted by Gasteiger charge is 2.48. The molecular formula is C25H34N4O3. The predicted octanol–water partition coefficient (Wildman–Crippen LogP) is 1.91. The minimum absolute atomic E-state index is 0.0177. The molecule has 7 heteroatoms. The van der Waals surface area contributed by atoms with Crippen LogP contribution >= 0.6 is 0 Å². The van der Waals surface area contributed by atoms with E-state index in [0.717, 1.165) is 25.7 Å². The number of hydrogen-bond acceptors (Lipinski definition) is 4. The first-order chi connectivity index (χ1) is 15.6. The Bertz CT molecular complexity index is 835. The van der Waals surface area contributed by atoms with Crippen LogP contribution in [0, 0.1) is 5.92 Å². The van der Waals surface area contributed by atoms with Gasteiger partial charge in [-0.25, -0.2) is 0 Å². The molecule has 1 aromatic carbocycles. The van der Waals surface area contributed by atoms with Crippen molar-refractivity contribution >= 4 is 17.7 Å². The summed E-state index contributed by atoms with van der Waals surface area (Å²) in [7, 11) is 0. The van der Waals surface area contributed by atoms with E-state index in [1.54, 1.807) is 6.08 Å². The Morgan fingerprint density at radius 3 is 2.47 bits per heavy atom. The molecule has 3 unspecified atom stereocenters. The zero-order valence-electron chi connectivity index (χ0n) is 18.7. The number of fused-ring (bicyclic) bond motifs is 1. The first kappa shape index (κ1) is 22.5. The molecule has 7 nitrogen and oxygen atoms in total. The summed E-state index contributed by atoms with van der Waals surface area (Å²) in [6.07, 6.45) is 6.82. The van der Waals surface area contributed by atoms with E-state index >= 15 is 0 Å². The highest BCUT2D eigenvalue weighted by Crippen LogP contribution is 2.41. The van der Waals surface area contributed by atoms with Gasteiger partial charge in [0, 0.05) is 44.3 Å². The average Bonchev–Trinajstić information content (AvgIpc) is 3.22. The number of nitrogens with zero attached hydrogens (tertiary/aromatic N) is 3. The molecule has 0 spiro atoms. The zero-order chi connectivity index (χ0) is 22.5. The summed E-state index contributed by atoms with van der Waals surface area (Å²) in [6, 6.07) is 9.14. The van der Waals surface area contributed by atoms with Crippen LogP contribution in [0.15, 0.2) is 43.0 Å². The van der Waals surface area contributed by atoms with Gasteiger partial charge in [-0.15, -0.1) is 6.58 Å². The van der Waals surface area contributed by atoms with E-state index in [1.165, 1.54) is 6.42 Å². The molecular weight excluding hydrogens is 404 g/mol. The lowest BCUT2D eigenvalue weighted by Gasteiger charge is -2.38. The summed E-state index contributed by atoms with van der Waals surface area (Å²) < 4.78 is 0. The fourth-order valence-electron chi connectivity index (χ4n) is 5.48. The van der Waals surface area contributed by atoms with E-state index in [0.29, 0.717) is 50.7 Å². The van der Waals surface area contributed by atoms with Crippen molar-refractivity contribution in [1.29, 1.82) is 0 Å². The highest BCUT2D eigenvalue weighted by atomic mass is 16.2. The Kier molecular flexibility index (Phi) is 7.25. The summed E-state index contributed by atoms with van der Waals surface area (Å²) in [4.78, 5) is 44.9. The van der Waals surface area contributed by atoms with Gasteiger partial charge in [-0.2, -0.15) is 0 Å². The first-order valence-electron chi connectivity index (χ1n) is 11.8. The van der Waals surface area contributed by atoms with Crippen molar-refractivity contribution in [3.8, 4) is 0 Å². The number of carbonyl (C=O) groups excluding carboxylic acids is 3. The Balaban J connectivity index is 1.42. The van der Waals surface area contributed by atoms with Gasteiger partial charge in [0.25, 0.3) is 5.91 Å². The smallest absolute Gasteiger partial charge is 0.254 e. The maximum Gasteiger partial charge on any atom is 0.254 e. The van der Waals surface area contributed by atoms with Gasteiger partial charge < -0.3 is 15.1 Å². The lowest BCUT2D eigenvalue weighted by atomic mass is 9.84. The largest absolute Gasteiger partial charge is 0.352 e. The van der Waals surface area contributed by atoms with E-state index in [2.05, 4.69) is 16.8 Å². The maximum absolute atomic E-state index is 13.6. The number of carbonyl (C=O) groups is 3. The van der Waals surface area contributed by atoms with Gasteiger partial charge in [-0.05, 0) is 37.3 Å². The molecule has 2 heterocycles. The average molecular weight is 439 g/mol. The molecule has 1 aliphatic carbocycles. The molecule has 3 fully saturated rings. The molecule has 3 amide bonds. The fraction of sp³-hybridized carbons (Fsp3) is 0.560. The van der Waals surface area contributed by atoms with Gasteiger partial charge in [0.2, 0.25) is 11.8 Å². The number of likely N-dealkylation sites (tertiary alicyclic amines) is 1. The van der Waals surface area contributed by atoms with E-state index in [4.69, 9.17) is 0 Å². The number of amides is 3. The van der Waals surface area contributed by atoms with Crippen LogP contribution in [0.25, 0.3) is 0 Å². The normalized spacial score (nSPS) is 25.8. The van der Waals surface area contributed by atoms with Crippen molar-refractivity contribution in [2.45, 2.75) is 44.2 Å². The molecule has 1 aromatic rings. The Morgan fingerprint density at radius 2 is 1.75 bits per heavy atom. The van der Waals surface area contributed by atoms with Crippen LogP contribution < -0.4 is 5.32 Å². The summed E-state index contributed by atoms with van der Waals surface area (Å²) >= 11 is 0. The number of nitrogens with one attached hydrogen (secondary N) is 1.